The summed E-state index contributed by atoms with van der Waals surface area (Å²) in [7, 11) is 1.54. The summed E-state index contributed by atoms with van der Waals surface area (Å²) in [6.45, 7) is 5.65. The Labute approximate surface area is 175 Å². The summed E-state index contributed by atoms with van der Waals surface area (Å²) in [6.07, 6.45) is 1.39. The quantitative estimate of drug-likeness (QED) is 0.463. The van der Waals surface area contributed by atoms with E-state index < -0.39 is 11.8 Å². The standard InChI is InChI=1S/C22H22N2O4S/c1-13(2)28-19-15(9-7-11-18(19)27-4)12-16-20(25)23-22(29)24(21(16)26)17-10-6-5-8-14(17)3/h5-13H,1-4H3,(H,23,25,29). The zero-order valence-electron chi connectivity index (χ0n) is 16.7. The fraction of sp³-hybridized carbons (Fsp3) is 0.227. The molecule has 1 heterocycles. The second kappa shape index (κ2) is 8.45. The third-order valence-corrected chi connectivity index (χ3v) is 4.63. The van der Waals surface area contributed by atoms with Gasteiger partial charge in [0.1, 0.15) is 5.57 Å². The molecular formula is C22H22N2O4S. The minimum Gasteiger partial charge on any atom is -0.493 e. The molecule has 1 fully saturated rings. The normalized spacial score (nSPS) is 15.7. The number of anilines is 1. The third kappa shape index (κ3) is 4.14. The number of rotatable bonds is 5. The molecular weight excluding hydrogens is 388 g/mol. The Morgan fingerprint density at radius 1 is 1.10 bits per heavy atom. The molecule has 29 heavy (non-hydrogen) atoms. The van der Waals surface area contributed by atoms with Gasteiger partial charge in [0.05, 0.1) is 18.9 Å². The fourth-order valence-electron chi connectivity index (χ4n) is 3.02. The number of benzene rings is 2. The lowest BCUT2D eigenvalue weighted by atomic mass is 10.0. The maximum atomic E-state index is 13.2. The van der Waals surface area contributed by atoms with E-state index in [0.717, 1.165) is 5.56 Å². The van der Waals surface area contributed by atoms with Crippen LogP contribution in [0.25, 0.3) is 6.08 Å². The molecule has 1 aliphatic rings. The Morgan fingerprint density at radius 2 is 1.83 bits per heavy atom. The van der Waals surface area contributed by atoms with Crippen molar-refractivity contribution in [1.82, 2.24) is 5.32 Å². The van der Waals surface area contributed by atoms with Crippen LogP contribution in [0.5, 0.6) is 11.5 Å². The molecule has 2 aromatic carbocycles. The lowest BCUT2D eigenvalue weighted by molar-refractivity contribution is -0.122. The van der Waals surface area contributed by atoms with Gasteiger partial charge in [-0.25, -0.2) is 0 Å². The van der Waals surface area contributed by atoms with Crippen LogP contribution < -0.4 is 19.7 Å². The van der Waals surface area contributed by atoms with Gasteiger partial charge in [-0.1, -0.05) is 30.3 Å². The number of thiocarbonyl (C=S) groups is 1. The number of ether oxygens (including phenoxy) is 2. The van der Waals surface area contributed by atoms with Crippen LogP contribution in [-0.4, -0.2) is 30.1 Å². The Hall–Kier alpha value is -3.19. The number of carbonyl (C=O) groups is 2. The Kier molecular flexibility index (Phi) is 5.98. The highest BCUT2D eigenvalue weighted by molar-refractivity contribution is 7.80. The van der Waals surface area contributed by atoms with Gasteiger partial charge >= 0.3 is 0 Å². The smallest absolute Gasteiger partial charge is 0.270 e. The molecule has 2 aromatic rings. The Balaban J connectivity index is 2.09. The van der Waals surface area contributed by atoms with Gasteiger partial charge in [0.15, 0.2) is 16.6 Å². The summed E-state index contributed by atoms with van der Waals surface area (Å²) in [4.78, 5) is 27.1. The molecule has 3 rings (SSSR count). The maximum absolute atomic E-state index is 13.2. The van der Waals surface area contributed by atoms with Crippen LogP contribution in [0.4, 0.5) is 5.69 Å². The number of methoxy groups -OCH3 is 1. The van der Waals surface area contributed by atoms with Crippen LogP contribution in [0.2, 0.25) is 0 Å². The first-order valence-corrected chi connectivity index (χ1v) is 9.55. The van der Waals surface area contributed by atoms with Crippen molar-refractivity contribution >= 4 is 40.9 Å². The average molecular weight is 410 g/mol. The van der Waals surface area contributed by atoms with Crippen molar-refractivity contribution in [2.45, 2.75) is 26.9 Å². The summed E-state index contributed by atoms with van der Waals surface area (Å²) in [5, 5.41) is 2.65. The largest absolute Gasteiger partial charge is 0.493 e. The fourth-order valence-corrected chi connectivity index (χ4v) is 3.29. The summed E-state index contributed by atoms with van der Waals surface area (Å²) in [5.74, 6) is -0.0637. The molecule has 0 spiro atoms. The van der Waals surface area contributed by atoms with E-state index in [4.69, 9.17) is 21.7 Å². The van der Waals surface area contributed by atoms with Crippen molar-refractivity contribution in [3.8, 4) is 11.5 Å². The van der Waals surface area contributed by atoms with Crippen molar-refractivity contribution in [2.75, 3.05) is 12.0 Å². The van der Waals surface area contributed by atoms with Gasteiger partial charge in [0.2, 0.25) is 0 Å². The van der Waals surface area contributed by atoms with E-state index in [1.807, 2.05) is 39.0 Å². The lowest BCUT2D eigenvalue weighted by Gasteiger charge is -2.30. The van der Waals surface area contributed by atoms with Gasteiger partial charge in [-0.2, -0.15) is 0 Å². The van der Waals surface area contributed by atoms with E-state index in [9.17, 15) is 9.59 Å². The number of hydrogen-bond acceptors (Lipinski definition) is 5. The summed E-state index contributed by atoms with van der Waals surface area (Å²) >= 11 is 5.26. The van der Waals surface area contributed by atoms with Crippen molar-refractivity contribution in [2.24, 2.45) is 0 Å². The van der Waals surface area contributed by atoms with Gasteiger partial charge in [-0.15, -0.1) is 0 Å². The van der Waals surface area contributed by atoms with Gasteiger partial charge in [0, 0.05) is 5.56 Å². The van der Waals surface area contributed by atoms with E-state index in [1.54, 1.807) is 24.3 Å². The second-order valence-electron chi connectivity index (χ2n) is 6.79. The minimum atomic E-state index is -0.553. The number of nitrogens with one attached hydrogen (secondary N) is 1. The summed E-state index contributed by atoms with van der Waals surface area (Å²) in [5.41, 5.74) is 2.01. The highest BCUT2D eigenvalue weighted by Gasteiger charge is 2.35. The first-order chi connectivity index (χ1) is 13.8. The van der Waals surface area contributed by atoms with Crippen LogP contribution in [0.3, 0.4) is 0 Å². The molecule has 0 unspecified atom stereocenters. The molecule has 0 radical (unpaired) electrons. The molecule has 7 heteroatoms. The number of carbonyl (C=O) groups excluding carboxylic acids is 2. The molecule has 6 nitrogen and oxygen atoms in total. The average Bonchev–Trinajstić information content (AvgIpc) is 2.67. The third-order valence-electron chi connectivity index (χ3n) is 4.34. The molecule has 0 aromatic heterocycles. The zero-order valence-corrected chi connectivity index (χ0v) is 17.5. The van der Waals surface area contributed by atoms with E-state index in [2.05, 4.69) is 5.32 Å². The van der Waals surface area contributed by atoms with Gasteiger partial charge in [-0.3, -0.25) is 19.8 Å². The van der Waals surface area contributed by atoms with Crippen molar-refractivity contribution in [1.29, 1.82) is 0 Å². The molecule has 1 saturated heterocycles. The Bertz CT molecular complexity index is 1010. The number of para-hydroxylation sites is 2. The lowest BCUT2D eigenvalue weighted by Crippen LogP contribution is -2.54. The van der Waals surface area contributed by atoms with Crippen LogP contribution in [0, 0.1) is 6.92 Å². The van der Waals surface area contributed by atoms with Crippen LogP contribution in [0.1, 0.15) is 25.0 Å². The molecule has 0 aliphatic carbocycles. The molecule has 0 saturated carbocycles. The van der Waals surface area contributed by atoms with Crippen molar-refractivity contribution in [3.63, 3.8) is 0 Å². The number of aryl methyl sites for hydroxylation is 1. The maximum Gasteiger partial charge on any atom is 0.270 e. The van der Waals surface area contributed by atoms with Gasteiger partial charge in [0.25, 0.3) is 11.8 Å². The molecule has 0 atom stereocenters. The second-order valence-corrected chi connectivity index (χ2v) is 7.18. The molecule has 1 aliphatic heterocycles. The highest BCUT2D eigenvalue weighted by atomic mass is 32.1. The minimum absolute atomic E-state index is 0.0382. The molecule has 1 N–H and O–H groups in total. The van der Waals surface area contributed by atoms with E-state index >= 15 is 0 Å². The highest BCUT2D eigenvalue weighted by Crippen LogP contribution is 2.34. The molecule has 150 valence electrons. The number of amides is 2. The Morgan fingerprint density at radius 3 is 2.48 bits per heavy atom. The van der Waals surface area contributed by atoms with Crippen LogP contribution in [0.15, 0.2) is 48.0 Å². The first-order valence-electron chi connectivity index (χ1n) is 9.14. The molecule has 2 amide bonds. The molecule has 0 bridgehead atoms. The number of nitrogens with zero attached hydrogens (tertiary/aromatic N) is 1. The number of hydrogen-bond donors (Lipinski definition) is 1. The predicted molar refractivity (Wildman–Crippen MR) is 116 cm³/mol. The monoisotopic (exact) mass is 410 g/mol. The van der Waals surface area contributed by atoms with Gasteiger partial charge in [-0.05, 0) is 56.8 Å². The first kappa shape index (κ1) is 20.5. The zero-order chi connectivity index (χ0) is 21.1. The summed E-state index contributed by atoms with van der Waals surface area (Å²) in [6, 6.07) is 12.6. The van der Waals surface area contributed by atoms with E-state index in [1.165, 1.54) is 18.1 Å². The SMILES string of the molecule is COc1cccc(C=C2C(=O)NC(=S)N(c3ccccc3C)C2=O)c1OC(C)C. The van der Waals surface area contributed by atoms with Crippen LogP contribution in [-0.2, 0) is 9.59 Å². The van der Waals surface area contributed by atoms with Crippen molar-refractivity contribution < 1.29 is 19.1 Å². The topological polar surface area (TPSA) is 67.9 Å². The van der Waals surface area contributed by atoms with Crippen molar-refractivity contribution in [3.05, 3.63) is 59.2 Å². The van der Waals surface area contributed by atoms with E-state index in [-0.39, 0.29) is 16.8 Å². The summed E-state index contributed by atoms with van der Waals surface area (Å²) < 4.78 is 11.3. The predicted octanol–water partition coefficient (Wildman–Crippen LogP) is 3.62. The van der Waals surface area contributed by atoms with Gasteiger partial charge < -0.3 is 9.47 Å². The van der Waals surface area contributed by atoms with Crippen LogP contribution >= 0.6 is 12.2 Å². The van der Waals surface area contributed by atoms with E-state index in [0.29, 0.717) is 22.7 Å².